The van der Waals surface area contributed by atoms with Crippen molar-refractivity contribution in [2.24, 2.45) is 0 Å². The average molecular weight is 237 g/mol. The average Bonchev–Trinajstić information content (AvgIpc) is 2.32. The molecule has 0 fully saturated rings. The van der Waals surface area contributed by atoms with Crippen molar-refractivity contribution in [2.45, 2.75) is 0 Å². The van der Waals surface area contributed by atoms with Crippen molar-refractivity contribution < 1.29 is 24.5 Å². The standard InChI is InChI=1S/C11H11NO5/c1-17-11(16)8(12-6-13)4-7-2-3-9(14)10(15)5-7/h2-6,14-15H,1H3,(H,12,13). The molecule has 1 aromatic rings. The van der Waals surface area contributed by atoms with E-state index in [1.165, 1.54) is 31.4 Å². The first-order valence-electron chi connectivity index (χ1n) is 4.60. The molecule has 1 amide bonds. The van der Waals surface area contributed by atoms with E-state index in [1.54, 1.807) is 0 Å². The van der Waals surface area contributed by atoms with Crippen LogP contribution in [0.15, 0.2) is 23.9 Å². The largest absolute Gasteiger partial charge is 0.504 e. The van der Waals surface area contributed by atoms with Gasteiger partial charge in [0.25, 0.3) is 0 Å². The number of esters is 1. The van der Waals surface area contributed by atoms with E-state index in [-0.39, 0.29) is 17.2 Å². The van der Waals surface area contributed by atoms with E-state index in [9.17, 15) is 14.7 Å². The van der Waals surface area contributed by atoms with Crippen LogP contribution in [0.5, 0.6) is 11.5 Å². The Balaban J connectivity index is 3.07. The lowest BCUT2D eigenvalue weighted by Crippen LogP contribution is -2.19. The summed E-state index contributed by atoms with van der Waals surface area (Å²) in [4.78, 5) is 21.5. The van der Waals surface area contributed by atoms with Gasteiger partial charge < -0.3 is 20.3 Å². The first kappa shape index (κ1) is 12.6. The number of benzene rings is 1. The number of nitrogens with one attached hydrogen (secondary N) is 1. The second-order valence-corrected chi connectivity index (χ2v) is 3.06. The molecule has 0 radical (unpaired) electrons. The van der Waals surface area contributed by atoms with Gasteiger partial charge in [-0.15, -0.1) is 0 Å². The maximum Gasteiger partial charge on any atom is 0.354 e. The normalized spacial score (nSPS) is 10.8. The fraction of sp³-hybridized carbons (Fsp3) is 0.0909. The zero-order valence-electron chi connectivity index (χ0n) is 9.01. The minimum Gasteiger partial charge on any atom is -0.504 e. The Bertz CT molecular complexity index is 467. The van der Waals surface area contributed by atoms with Gasteiger partial charge in [-0.25, -0.2) is 4.79 Å². The van der Waals surface area contributed by atoms with Crippen molar-refractivity contribution in [3.8, 4) is 11.5 Å². The second kappa shape index (κ2) is 5.55. The number of methoxy groups -OCH3 is 1. The molecule has 1 rings (SSSR count). The summed E-state index contributed by atoms with van der Waals surface area (Å²) in [7, 11) is 1.18. The summed E-state index contributed by atoms with van der Waals surface area (Å²) < 4.78 is 4.45. The molecule has 0 bridgehead atoms. The summed E-state index contributed by atoms with van der Waals surface area (Å²) in [6, 6.07) is 3.96. The van der Waals surface area contributed by atoms with Gasteiger partial charge in [0.1, 0.15) is 5.70 Å². The molecule has 3 N–H and O–H groups in total. The molecule has 1 aromatic carbocycles. The molecule has 0 saturated carbocycles. The topological polar surface area (TPSA) is 95.9 Å². The number of rotatable bonds is 4. The molecule has 0 aliphatic rings. The predicted molar refractivity (Wildman–Crippen MR) is 59.0 cm³/mol. The number of carbonyl (C=O) groups excluding carboxylic acids is 2. The quantitative estimate of drug-likeness (QED) is 0.304. The number of hydrogen-bond donors (Lipinski definition) is 3. The third kappa shape index (κ3) is 3.23. The highest BCUT2D eigenvalue weighted by Crippen LogP contribution is 2.25. The van der Waals surface area contributed by atoms with Crippen molar-refractivity contribution >= 4 is 18.5 Å². The fourth-order valence-corrected chi connectivity index (χ4v) is 1.13. The lowest BCUT2D eigenvalue weighted by atomic mass is 10.1. The van der Waals surface area contributed by atoms with Crippen molar-refractivity contribution in [1.82, 2.24) is 5.32 Å². The number of aromatic hydroxyl groups is 2. The first-order valence-corrected chi connectivity index (χ1v) is 4.60. The molecule has 0 atom stereocenters. The van der Waals surface area contributed by atoms with E-state index in [4.69, 9.17) is 5.11 Å². The second-order valence-electron chi connectivity index (χ2n) is 3.06. The van der Waals surface area contributed by atoms with E-state index >= 15 is 0 Å². The number of ether oxygens (including phenoxy) is 1. The van der Waals surface area contributed by atoms with Crippen LogP contribution in [0.25, 0.3) is 6.08 Å². The number of carbonyl (C=O) groups is 2. The van der Waals surface area contributed by atoms with Gasteiger partial charge >= 0.3 is 5.97 Å². The highest BCUT2D eigenvalue weighted by Gasteiger charge is 2.09. The molecule has 90 valence electrons. The van der Waals surface area contributed by atoms with Gasteiger partial charge in [0.2, 0.25) is 6.41 Å². The monoisotopic (exact) mass is 237 g/mol. The third-order valence-corrected chi connectivity index (χ3v) is 1.93. The molecular formula is C11H11NO5. The van der Waals surface area contributed by atoms with Gasteiger partial charge in [-0.2, -0.15) is 0 Å². The van der Waals surface area contributed by atoms with Crippen LogP contribution in [0, 0.1) is 0 Å². The number of phenols is 2. The molecule has 0 unspecified atom stereocenters. The Morgan fingerprint density at radius 3 is 2.59 bits per heavy atom. The smallest absolute Gasteiger partial charge is 0.354 e. The summed E-state index contributed by atoms with van der Waals surface area (Å²) in [6.07, 6.45) is 1.64. The SMILES string of the molecule is COC(=O)C(=Cc1ccc(O)c(O)c1)NC=O. The van der Waals surface area contributed by atoms with Gasteiger partial charge in [-0.1, -0.05) is 6.07 Å². The Morgan fingerprint density at radius 2 is 2.06 bits per heavy atom. The van der Waals surface area contributed by atoms with E-state index < -0.39 is 5.97 Å². The molecule has 0 spiro atoms. The molecule has 0 saturated heterocycles. The van der Waals surface area contributed by atoms with Gasteiger partial charge in [0, 0.05) is 0 Å². The Labute approximate surface area is 97.1 Å². The lowest BCUT2D eigenvalue weighted by Gasteiger charge is -2.04. The van der Waals surface area contributed by atoms with Gasteiger partial charge in [-0.05, 0) is 23.8 Å². The highest BCUT2D eigenvalue weighted by molar-refractivity contribution is 5.95. The van der Waals surface area contributed by atoms with Gasteiger partial charge in [-0.3, -0.25) is 4.79 Å². The van der Waals surface area contributed by atoms with E-state index in [2.05, 4.69) is 10.1 Å². The van der Waals surface area contributed by atoms with Crippen LogP contribution in [-0.2, 0) is 14.3 Å². The summed E-state index contributed by atoms with van der Waals surface area (Å²) in [5.41, 5.74) is 0.350. The Hall–Kier alpha value is -2.50. The highest BCUT2D eigenvalue weighted by atomic mass is 16.5. The molecule has 6 nitrogen and oxygen atoms in total. The molecule has 0 heterocycles. The molecule has 0 aliphatic carbocycles. The molecule has 6 heteroatoms. The van der Waals surface area contributed by atoms with Crippen LogP contribution in [-0.4, -0.2) is 29.7 Å². The summed E-state index contributed by atoms with van der Waals surface area (Å²) in [5, 5.41) is 20.5. The van der Waals surface area contributed by atoms with Crippen LogP contribution in [0.1, 0.15) is 5.56 Å². The Kier molecular flexibility index (Phi) is 4.10. The zero-order chi connectivity index (χ0) is 12.8. The lowest BCUT2D eigenvalue weighted by molar-refractivity contribution is -0.137. The molecule has 0 aromatic heterocycles. The minimum atomic E-state index is -0.718. The van der Waals surface area contributed by atoms with E-state index in [0.717, 1.165) is 0 Å². The van der Waals surface area contributed by atoms with Crippen LogP contribution in [0.2, 0.25) is 0 Å². The number of amides is 1. The van der Waals surface area contributed by atoms with Crippen LogP contribution < -0.4 is 5.32 Å². The van der Waals surface area contributed by atoms with Crippen LogP contribution >= 0.6 is 0 Å². The van der Waals surface area contributed by atoms with Gasteiger partial charge in [0.15, 0.2) is 11.5 Å². The molecular weight excluding hydrogens is 226 g/mol. The maximum absolute atomic E-state index is 11.2. The predicted octanol–water partition coefficient (Wildman–Crippen LogP) is 0.358. The van der Waals surface area contributed by atoms with Crippen LogP contribution in [0.4, 0.5) is 0 Å². The van der Waals surface area contributed by atoms with Crippen molar-refractivity contribution in [3.05, 3.63) is 29.5 Å². The molecule has 0 aliphatic heterocycles. The van der Waals surface area contributed by atoms with E-state index in [0.29, 0.717) is 12.0 Å². The number of phenolic OH excluding ortho intramolecular Hbond substituents is 2. The summed E-state index contributed by atoms with van der Waals surface area (Å²) in [5.74, 6) is -1.32. The maximum atomic E-state index is 11.2. The van der Waals surface area contributed by atoms with Gasteiger partial charge in [0.05, 0.1) is 7.11 Å². The van der Waals surface area contributed by atoms with E-state index in [1.807, 2.05) is 0 Å². The van der Waals surface area contributed by atoms with Crippen molar-refractivity contribution in [1.29, 1.82) is 0 Å². The summed E-state index contributed by atoms with van der Waals surface area (Å²) in [6.45, 7) is 0. The van der Waals surface area contributed by atoms with Crippen molar-refractivity contribution in [2.75, 3.05) is 7.11 Å². The zero-order valence-corrected chi connectivity index (χ0v) is 9.01. The summed E-state index contributed by atoms with van der Waals surface area (Å²) >= 11 is 0. The third-order valence-electron chi connectivity index (χ3n) is 1.93. The van der Waals surface area contributed by atoms with Crippen molar-refractivity contribution in [3.63, 3.8) is 0 Å². The fourth-order valence-electron chi connectivity index (χ4n) is 1.13. The van der Waals surface area contributed by atoms with Crippen LogP contribution in [0.3, 0.4) is 0 Å². The first-order chi connectivity index (χ1) is 8.08. The number of hydrogen-bond acceptors (Lipinski definition) is 5. The Morgan fingerprint density at radius 1 is 1.35 bits per heavy atom. The molecule has 17 heavy (non-hydrogen) atoms. The minimum absolute atomic E-state index is 0.0763.